The van der Waals surface area contributed by atoms with E-state index in [1.54, 1.807) is 24.7 Å². The first kappa shape index (κ1) is 19.3. The quantitative estimate of drug-likeness (QED) is 0.243. The number of nitrogens with zero attached hydrogens (tertiary/aromatic N) is 3. The van der Waals surface area contributed by atoms with Crippen LogP contribution in [-0.2, 0) is 18.0 Å². The molecule has 0 aliphatic heterocycles. The van der Waals surface area contributed by atoms with E-state index in [0.717, 1.165) is 21.2 Å². The van der Waals surface area contributed by atoms with Gasteiger partial charge >= 0.3 is 0 Å². The smallest absolute Gasteiger partial charge is 0.145 e. The summed E-state index contributed by atoms with van der Waals surface area (Å²) in [5, 5.41) is 6.52. The van der Waals surface area contributed by atoms with Crippen LogP contribution in [0.2, 0.25) is 14.4 Å². The fraction of sp³-hybridized carbons (Fsp3) is 0.100. The van der Waals surface area contributed by atoms with E-state index in [1.165, 1.54) is 11.3 Å². The van der Waals surface area contributed by atoms with Gasteiger partial charge in [-0.3, -0.25) is 0 Å². The number of aromatic nitrogens is 2. The Bertz CT molecular complexity index is 1140. The Labute approximate surface area is 180 Å². The number of hydrogen-bond acceptors (Lipinski definition) is 4. The van der Waals surface area contributed by atoms with Crippen molar-refractivity contribution in [3.8, 4) is 0 Å². The number of oxime groups is 1. The molecular formula is C20H14Cl3N3OS. The average Bonchev–Trinajstić information content (AvgIpc) is 3.29. The second-order valence-electron chi connectivity index (χ2n) is 6.02. The lowest BCUT2D eigenvalue weighted by Gasteiger charge is -2.10. The van der Waals surface area contributed by atoms with Gasteiger partial charge in [0.2, 0.25) is 0 Å². The summed E-state index contributed by atoms with van der Waals surface area (Å²) in [7, 11) is 0. The van der Waals surface area contributed by atoms with Gasteiger partial charge in [0.25, 0.3) is 0 Å². The third-order valence-electron chi connectivity index (χ3n) is 4.17. The van der Waals surface area contributed by atoms with Crippen molar-refractivity contribution in [2.24, 2.45) is 5.16 Å². The van der Waals surface area contributed by atoms with Crippen LogP contribution in [-0.4, -0.2) is 15.3 Å². The lowest BCUT2D eigenvalue weighted by Crippen LogP contribution is -2.12. The lowest BCUT2D eigenvalue weighted by molar-refractivity contribution is 0.131. The summed E-state index contributed by atoms with van der Waals surface area (Å²) >= 11 is 20.3. The fourth-order valence-corrected chi connectivity index (χ4v) is 4.67. The maximum Gasteiger partial charge on any atom is 0.145 e. The summed E-state index contributed by atoms with van der Waals surface area (Å²) in [5.41, 5.74) is 2.34. The van der Waals surface area contributed by atoms with Crippen molar-refractivity contribution in [2.45, 2.75) is 13.2 Å². The SMILES string of the molecule is Clc1ccc(/C(Cn2ccnc2)=N/OCc2c(Cl)sc3ccccc23)c(Cl)c1. The molecule has 0 amide bonds. The Kier molecular flexibility index (Phi) is 5.87. The molecule has 0 fully saturated rings. The molecule has 0 saturated heterocycles. The molecule has 0 aliphatic rings. The van der Waals surface area contributed by atoms with Gasteiger partial charge in [-0.25, -0.2) is 4.98 Å². The van der Waals surface area contributed by atoms with Gasteiger partial charge in [-0.15, -0.1) is 11.3 Å². The van der Waals surface area contributed by atoms with E-state index in [9.17, 15) is 0 Å². The predicted molar refractivity (Wildman–Crippen MR) is 117 cm³/mol. The predicted octanol–water partition coefficient (Wildman–Crippen LogP) is 6.68. The lowest BCUT2D eigenvalue weighted by atomic mass is 10.1. The molecular weight excluding hydrogens is 437 g/mol. The van der Waals surface area contributed by atoms with Gasteiger partial charge in [0.15, 0.2) is 0 Å². The van der Waals surface area contributed by atoms with Gasteiger partial charge in [-0.1, -0.05) is 58.2 Å². The first-order valence-electron chi connectivity index (χ1n) is 8.37. The standard InChI is InChI=1S/C20H14Cl3N3OS/c21-13-5-6-15(17(22)9-13)18(10-26-8-7-24-12-26)25-27-11-16-14-3-1-2-4-19(14)28-20(16)23/h1-9,12H,10-11H2/b25-18+. The first-order chi connectivity index (χ1) is 13.6. The summed E-state index contributed by atoms with van der Waals surface area (Å²) in [6.45, 7) is 0.723. The molecule has 0 saturated carbocycles. The Hall–Kier alpha value is -2.05. The van der Waals surface area contributed by atoms with Crippen molar-refractivity contribution in [3.05, 3.63) is 86.7 Å². The molecule has 4 nitrogen and oxygen atoms in total. The third kappa shape index (κ3) is 4.18. The van der Waals surface area contributed by atoms with Crippen LogP contribution in [0.3, 0.4) is 0 Å². The van der Waals surface area contributed by atoms with Gasteiger partial charge in [-0.2, -0.15) is 0 Å². The number of halogens is 3. The molecule has 4 rings (SSSR count). The van der Waals surface area contributed by atoms with E-state index in [0.29, 0.717) is 26.6 Å². The number of fused-ring (bicyclic) bond motifs is 1. The number of thiophene rings is 1. The van der Waals surface area contributed by atoms with Crippen molar-refractivity contribution < 1.29 is 4.84 Å². The van der Waals surface area contributed by atoms with Crippen molar-refractivity contribution >= 4 is 61.9 Å². The Balaban J connectivity index is 1.62. The minimum atomic E-state index is 0.265. The normalized spacial score (nSPS) is 11.9. The highest BCUT2D eigenvalue weighted by Gasteiger charge is 2.13. The van der Waals surface area contributed by atoms with Gasteiger partial charge in [-0.05, 0) is 24.3 Å². The first-order valence-corrected chi connectivity index (χ1v) is 10.3. The highest BCUT2D eigenvalue weighted by molar-refractivity contribution is 7.22. The Morgan fingerprint density at radius 1 is 1.14 bits per heavy atom. The van der Waals surface area contributed by atoms with Gasteiger partial charge in [0.1, 0.15) is 16.7 Å². The van der Waals surface area contributed by atoms with Gasteiger partial charge in [0.05, 0.1) is 17.9 Å². The monoisotopic (exact) mass is 449 g/mol. The number of benzene rings is 2. The van der Waals surface area contributed by atoms with Crippen LogP contribution in [0.4, 0.5) is 0 Å². The maximum absolute atomic E-state index is 6.40. The van der Waals surface area contributed by atoms with E-state index in [1.807, 2.05) is 41.1 Å². The zero-order valence-corrected chi connectivity index (χ0v) is 17.6. The third-order valence-corrected chi connectivity index (χ3v) is 6.18. The largest absolute Gasteiger partial charge is 0.391 e. The molecule has 0 N–H and O–H groups in total. The van der Waals surface area contributed by atoms with E-state index in [2.05, 4.69) is 10.1 Å². The topological polar surface area (TPSA) is 39.4 Å². The molecule has 2 aromatic heterocycles. The van der Waals surface area contributed by atoms with E-state index in [-0.39, 0.29) is 6.61 Å². The Morgan fingerprint density at radius 2 is 2.00 bits per heavy atom. The second kappa shape index (κ2) is 8.53. The number of imidazole rings is 1. The van der Waals surface area contributed by atoms with Crippen molar-refractivity contribution in [3.63, 3.8) is 0 Å². The zero-order valence-electron chi connectivity index (χ0n) is 14.5. The van der Waals surface area contributed by atoms with Gasteiger partial charge < -0.3 is 9.40 Å². The fourth-order valence-electron chi connectivity index (χ4n) is 2.82. The second-order valence-corrected chi connectivity index (χ2v) is 8.52. The molecule has 0 aliphatic carbocycles. The van der Waals surface area contributed by atoms with Crippen molar-refractivity contribution in [1.82, 2.24) is 9.55 Å². The molecule has 0 bridgehead atoms. The van der Waals surface area contributed by atoms with Crippen LogP contribution >= 0.6 is 46.1 Å². The maximum atomic E-state index is 6.40. The highest BCUT2D eigenvalue weighted by atomic mass is 35.5. The summed E-state index contributed by atoms with van der Waals surface area (Å²) in [6, 6.07) is 13.3. The van der Waals surface area contributed by atoms with Crippen LogP contribution < -0.4 is 0 Å². The molecule has 8 heteroatoms. The van der Waals surface area contributed by atoms with Crippen LogP contribution in [0, 0.1) is 0 Å². The Morgan fingerprint density at radius 3 is 2.79 bits per heavy atom. The molecule has 0 unspecified atom stereocenters. The number of rotatable bonds is 6. The van der Waals surface area contributed by atoms with E-state index < -0.39 is 0 Å². The summed E-state index contributed by atoms with van der Waals surface area (Å²) in [4.78, 5) is 9.77. The molecule has 28 heavy (non-hydrogen) atoms. The minimum Gasteiger partial charge on any atom is -0.391 e. The van der Waals surface area contributed by atoms with E-state index >= 15 is 0 Å². The molecule has 0 atom stereocenters. The molecule has 4 aromatic rings. The minimum absolute atomic E-state index is 0.265. The zero-order chi connectivity index (χ0) is 19.5. The molecule has 2 aromatic carbocycles. The van der Waals surface area contributed by atoms with Crippen LogP contribution in [0.15, 0.2) is 66.3 Å². The van der Waals surface area contributed by atoms with Crippen LogP contribution in [0.1, 0.15) is 11.1 Å². The highest BCUT2D eigenvalue weighted by Crippen LogP contribution is 2.35. The summed E-state index contributed by atoms with van der Waals surface area (Å²) < 4.78 is 3.71. The molecule has 142 valence electrons. The molecule has 0 spiro atoms. The summed E-state index contributed by atoms with van der Waals surface area (Å²) in [6.07, 6.45) is 5.27. The van der Waals surface area contributed by atoms with Crippen LogP contribution in [0.25, 0.3) is 10.1 Å². The van der Waals surface area contributed by atoms with Gasteiger partial charge in [0, 0.05) is 38.6 Å². The average molecular weight is 451 g/mol. The molecule has 0 radical (unpaired) electrons. The molecule has 2 heterocycles. The number of hydrogen-bond donors (Lipinski definition) is 0. The van der Waals surface area contributed by atoms with Crippen LogP contribution in [0.5, 0.6) is 0 Å². The van der Waals surface area contributed by atoms with E-state index in [4.69, 9.17) is 39.6 Å². The van der Waals surface area contributed by atoms with Crippen molar-refractivity contribution in [1.29, 1.82) is 0 Å². The summed E-state index contributed by atoms with van der Waals surface area (Å²) in [5.74, 6) is 0. The van der Waals surface area contributed by atoms with Crippen molar-refractivity contribution in [2.75, 3.05) is 0 Å².